The second-order valence-electron chi connectivity index (χ2n) is 3.98. The molecule has 0 saturated heterocycles. The molecule has 0 radical (unpaired) electrons. The summed E-state index contributed by atoms with van der Waals surface area (Å²) in [6.45, 7) is 0. The van der Waals surface area contributed by atoms with Gasteiger partial charge in [-0.2, -0.15) is 0 Å². The standard InChI is InChI=1S/C13H10Br2ClNO2S/c14-8-9-4-6-10(7-5-9)20(18,19)17-12-3-1-2-11(16)13(12)15/h1-7,17H,8H2. The van der Waals surface area contributed by atoms with Gasteiger partial charge < -0.3 is 0 Å². The molecule has 0 aliphatic rings. The van der Waals surface area contributed by atoms with E-state index in [1.54, 1.807) is 42.5 Å². The molecule has 0 amide bonds. The number of sulfonamides is 1. The van der Waals surface area contributed by atoms with E-state index in [-0.39, 0.29) is 4.90 Å². The van der Waals surface area contributed by atoms with Gasteiger partial charge in [0.25, 0.3) is 10.0 Å². The Morgan fingerprint density at radius 3 is 2.35 bits per heavy atom. The van der Waals surface area contributed by atoms with Crippen LogP contribution in [0.5, 0.6) is 0 Å². The van der Waals surface area contributed by atoms with E-state index in [0.717, 1.165) is 5.56 Å². The Morgan fingerprint density at radius 2 is 1.75 bits per heavy atom. The molecule has 2 rings (SSSR count). The van der Waals surface area contributed by atoms with Crippen LogP contribution in [0.15, 0.2) is 51.8 Å². The molecule has 2 aromatic carbocycles. The summed E-state index contributed by atoms with van der Waals surface area (Å²) in [7, 11) is -3.63. The molecule has 2 aromatic rings. The van der Waals surface area contributed by atoms with E-state index in [0.29, 0.717) is 20.5 Å². The Hall–Kier alpha value is -0.560. The van der Waals surface area contributed by atoms with E-state index in [1.807, 2.05) is 0 Å². The zero-order valence-electron chi connectivity index (χ0n) is 10.1. The predicted octanol–water partition coefficient (Wildman–Crippen LogP) is 4.80. The number of alkyl halides is 1. The van der Waals surface area contributed by atoms with Crippen molar-refractivity contribution < 1.29 is 8.42 Å². The third kappa shape index (κ3) is 3.55. The van der Waals surface area contributed by atoms with Crippen LogP contribution in [0.2, 0.25) is 5.02 Å². The lowest BCUT2D eigenvalue weighted by molar-refractivity contribution is 0.601. The molecule has 0 bridgehead atoms. The average molecular weight is 440 g/mol. The molecule has 3 nitrogen and oxygen atoms in total. The van der Waals surface area contributed by atoms with Crippen LogP contribution in [-0.2, 0) is 15.4 Å². The summed E-state index contributed by atoms with van der Waals surface area (Å²) in [4.78, 5) is 0.203. The van der Waals surface area contributed by atoms with Gasteiger partial charge in [-0.15, -0.1) is 0 Å². The van der Waals surface area contributed by atoms with Crippen LogP contribution < -0.4 is 4.72 Å². The van der Waals surface area contributed by atoms with Gasteiger partial charge in [0, 0.05) is 5.33 Å². The summed E-state index contributed by atoms with van der Waals surface area (Å²) in [5.41, 5.74) is 1.41. The first-order valence-corrected chi connectivity index (χ1v) is 9.33. The maximum Gasteiger partial charge on any atom is 0.261 e. The SMILES string of the molecule is O=S(=O)(Nc1cccc(Cl)c1Br)c1ccc(CBr)cc1. The number of halogens is 3. The van der Waals surface area contributed by atoms with Crippen molar-refractivity contribution in [3.63, 3.8) is 0 Å². The lowest BCUT2D eigenvalue weighted by atomic mass is 10.2. The highest BCUT2D eigenvalue weighted by atomic mass is 79.9. The van der Waals surface area contributed by atoms with Crippen molar-refractivity contribution in [1.29, 1.82) is 0 Å². The molecule has 106 valence electrons. The van der Waals surface area contributed by atoms with Gasteiger partial charge in [-0.3, -0.25) is 4.72 Å². The maximum atomic E-state index is 12.3. The fourth-order valence-corrected chi connectivity index (χ4v) is 3.66. The minimum atomic E-state index is -3.63. The van der Waals surface area contributed by atoms with Crippen molar-refractivity contribution in [3.05, 3.63) is 57.5 Å². The number of hydrogen-bond acceptors (Lipinski definition) is 2. The van der Waals surface area contributed by atoms with Crippen molar-refractivity contribution in [2.45, 2.75) is 10.2 Å². The predicted molar refractivity (Wildman–Crippen MR) is 89.0 cm³/mol. The quantitative estimate of drug-likeness (QED) is 0.696. The van der Waals surface area contributed by atoms with Crippen molar-refractivity contribution in [2.75, 3.05) is 4.72 Å². The van der Waals surface area contributed by atoms with Gasteiger partial charge in [0.15, 0.2) is 0 Å². The van der Waals surface area contributed by atoms with Crippen LogP contribution in [0.4, 0.5) is 5.69 Å². The Morgan fingerprint density at radius 1 is 1.10 bits per heavy atom. The fourth-order valence-electron chi connectivity index (χ4n) is 1.54. The van der Waals surface area contributed by atoms with Crippen LogP contribution in [0.1, 0.15) is 5.56 Å². The number of hydrogen-bond donors (Lipinski definition) is 1. The Labute approximate surface area is 139 Å². The van der Waals surface area contributed by atoms with Gasteiger partial charge in [-0.05, 0) is 45.8 Å². The van der Waals surface area contributed by atoms with E-state index in [2.05, 4.69) is 36.6 Å². The van der Waals surface area contributed by atoms with Gasteiger partial charge in [-0.25, -0.2) is 8.42 Å². The fraction of sp³-hybridized carbons (Fsp3) is 0.0769. The first kappa shape index (κ1) is 15.8. The third-order valence-corrected chi connectivity index (χ3v) is 6.01. The lowest BCUT2D eigenvalue weighted by Crippen LogP contribution is -2.13. The molecule has 0 aliphatic heterocycles. The zero-order chi connectivity index (χ0) is 14.8. The van der Waals surface area contributed by atoms with Gasteiger partial charge in [0.05, 0.1) is 20.1 Å². The Balaban J connectivity index is 2.33. The molecule has 0 saturated carbocycles. The first-order valence-electron chi connectivity index (χ1n) is 5.56. The molecule has 0 aromatic heterocycles. The zero-order valence-corrected chi connectivity index (χ0v) is 14.9. The van der Waals surface area contributed by atoms with Gasteiger partial charge in [-0.1, -0.05) is 45.7 Å². The molecule has 0 atom stereocenters. The monoisotopic (exact) mass is 437 g/mol. The first-order chi connectivity index (χ1) is 9.44. The van der Waals surface area contributed by atoms with Gasteiger partial charge in [0.2, 0.25) is 0 Å². The highest BCUT2D eigenvalue weighted by Crippen LogP contribution is 2.31. The molecule has 7 heteroatoms. The molecule has 0 heterocycles. The van der Waals surface area contributed by atoms with Crippen LogP contribution in [-0.4, -0.2) is 8.42 Å². The van der Waals surface area contributed by atoms with Crippen LogP contribution in [0, 0.1) is 0 Å². The summed E-state index contributed by atoms with van der Waals surface area (Å²) < 4.78 is 27.6. The molecule has 1 N–H and O–H groups in total. The number of benzene rings is 2. The maximum absolute atomic E-state index is 12.3. The van der Waals surface area contributed by atoms with Gasteiger partial charge >= 0.3 is 0 Å². The van der Waals surface area contributed by atoms with Crippen molar-refractivity contribution in [1.82, 2.24) is 0 Å². The second-order valence-corrected chi connectivity index (χ2v) is 7.43. The Kier molecular flexibility index (Phi) is 5.12. The van der Waals surface area contributed by atoms with E-state index < -0.39 is 10.0 Å². The minimum Gasteiger partial charge on any atom is -0.278 e. The van der Waals surface area contributed by atoms with E-state index >= 15 is 0 Å². The molecule has 0 aliphatic carbocycles. The lowest BCUT2D eigenvalue weighted by Gasteiger charge is -2.10. The van der Waals surface area contributed by atoms with Crippen molar-refractivity contribution in [3.8, 4) is 0 Å². The molecule has 20 heavy (non-hydrogen) atoms. The molecule has 0 spiro atoms. The van der Waals surface area contributed by atoms with E-state index in [9.17, 15) is 8.42 Å². The molecular formula is C13H10Br2ClNO2S. The third-order valence-electron chi connectivity index (χ3n) is 2.58. The van der Waals surface area contributed by atoms with Crippen molar-refractivity contribution in [2.24, 2.45) is 0 Å². The summed E-state index contributed by atoms with van der Waals surface area (Å²) >= 11 is 12.5. The van der Waals surface area contributed by atoms with Crippen molar-refractivity contribution >= 4 is 59.2 Å². The van der Waals surface area contributed by atoms with E-state index in [4.69, 9.17) is 11.6 Å². The van der Waals surface area contributed by atoms with E-state index in [1.165, 1.54) is 0 Å². The summed E-state index contributed by atoms with van der Waals surface area (Å²) in [6.07, 6.45) is 0. The van der Waals surface area contributed by atoms with Crippen LogP contribution >= 0.6 is 43.5 Å². The second kappa shape index (κ2) is 6.47. The Bertz CT molecular complexity index is 718. The number of rotatable bonds is 4. The normalized spacial score (nSPS) is 11.3. The van der Waals surface area contributed by atoms with Crippen LogP contribution in [0.25, 0.3) is 0 Å². The summed E-state index contributed by atoms with van der Waals surface area (Å²) in [6, 6.07) is 11.6. The molecule has 0 unspecified atom stereocenters. The van der Waals surface area contributed by atoms with Gasteiger partial charge in [0.1, 0.15) is 0 Å². The topological polar surface area (TPSA) is 46.2 Å². The average Bonchev–Trinajstić information content (AvgIpc) is 2.44. The molecular weight excluding hydrogens is 429 g/mol. The number of anilines is 1. The molecule has 0 fully saturated rings. The van der Waals surface area contributed by atoms with Crippen LogP contribution in [0.3, 0.4) is 0 Å². The summed E-state index contributed by atoms with van der Waals surface area (Å²) in [5.74, 6) is 0. The minimum absolute atomic E-state index is 0.203. The largest absolute Gasteiger partial charge is 0.278 e. The smallest absolute Gasteiger partial charge is 0.261 e. The highest BCUT2D eigenvalue weighted by molar-refractivity contribution is 9.10. The number of nitrogens with one attached hydrogen (secondary N) is 1. The summed E-state index contributed by atoms with van der Waals surface area (Å²) in [5, 5.41) is 1.13. The highest BCUT2D eigenvalue weighted by Gasteiger charge is 2.16.